The quantitative estimate of drug-likeness (QED) is 0.600. The van der Waals surface area contributed by atoms with Gasteiger partial charge in [-0.05, 0) is 47.7 Å². The van der Waals surface area contributed by atoms with Gasteiger partial charge in [0.05, 0.1) is 19.8 Å². The number of nitrogens with zero attached hydrogens (tertiary/aromatic N) is 2. The Labute approximate surface area is 162 Å². The number of benzene rings is 2. The van der Waals surface area contributed by atoms with Crippen LogP contribution in [0.5, 0.6) is 0 Å². The van der Waals surface area contributed by atoms with Crippen molar-refractivity contribution in [1.29, 1.82) is 0 Å². The van der Waals surface area contributed by atoms with Crippen molar-refractivity contribution in [3.05, 3.63) is 59.7 Å². The summed E-state index contributed by atoms with van der Waals surface area (Å²) in [6.07, 6.45) is 1.14. The van der Waals surface area contributed by atoms with Crippen LogP contribution in [0, 0.1) is 0 Å². The van der Waals surface area contributed by atoms with Crippen LogP contribution in [-0.2, 0) is 11.3 Å². The Balaban J connectivity index is 1.53. The van der Waals surface area contributed by atoms with Crippen LogP contribution in [0.3, 0.4) is 0 Å². The summed E-state index contributed by atoms with van der Waals surface area (Å²) < 4.78 is 5.40. The van der Waals surface area contributed by atoms with Crippen LogP contribution in [0.4, 0.5) is 11.4 Å². The molecule has 144 valence electrons. The molecular weight excluding hydrogens is 336 g/mol. The highest BCUT2D eigenvalue weighted by Gasteiger charge is 2.10. The highest BCUT2D eigenvalue weighted by molar-refractivity contribution is 5.92. The zero-order valence-corrected chi connectivity index (χ0v) is 16.3. The third-order valence-electron chi connectivity index (χ3n) is 5.11. The summed E-state index contributed by atoms with van der Waals surface area (Å²) in [6.45, 7) is 8.50. The average Bonchev–Trinajstić information content (AvgIpc) is 2.73. The Morgan fingerprint density at radius 1 is 1.11 bits per heavy atom. The zero-order valence-electron chi connectivity index (χ0n) is 16.3. The maximum Gasteiger partial charge on any atom is 0.193 e. The Morgan fingerprint density at radius 2 is 1.78 bits per heavy atom. The second-order valence-corrected chi connectivity index (χ2v) is 7.02. The van der Waals surface area contributed by atoms with Gasteiger partial charge >= 0.3 is 0 Å². The summed E-state index contributed by atoms with van der Waals surface area (Å²) in [5.41, 5.74) is 10.7. The normalized spacial score (nSPS) is 16.2. The maximum atomic E-state index is 6.04. The molecule has 3 rings (SSSR count). The lowest BCUT2D eigenvalue weighted by Crippen LogP contribution is -2.36. The molecule has 2 aromatic rings. The molecule has 1 heterocycles. The number of hydrogen-bond donors (Lipinski definition) is 2. The second kappa shape index (κ2) is 9.42. The van der Waals surface area contributed by atoms with E-state index in [9.17, 15) is 0 Å². The molecule has 1 fully saturated rings. The first kappa shape index (κ1) is 19.2. The standard InChI is InChI=1S/C22H30N4O/c1-3-17(2)19-6-8-20(9-7-19)25-22(23)24-16-18-4-10-21(11-5-18)26-12-14-27-15-13-26/h4-11,17H,3,12-16H2,1-2H3,(H3,23,24,25). The van der Waals surface area contributed by atoms with Gasteiger partial charge in [-0.15, -0.1) is 0 Å². The SMILES string of the molecule is CCC(C)c1ccc(NC(N)=NCc2ccc(N3CCOCC3)cc2)cc1. The van der Waals surface area contributed by atoms with Crippen molar-refractivity contribution >= 4 is 17.3 Å². The van der Waals surface area contributed by atoms with Crippen molar-refractivity contribution < 1.29 is 4.74 Å². The lowest BCUT2D eigenvalue weighted by molar-refractivity contribution is 0.122. The third-order valence-corrected chi connectivity index (χ3v) is 5.11. The summed E-state index contributed by atoms with van der Waals surface area (Å²) in [4.78, 5) is 6.80. The van der Waals surface area contributed by atoms with Gasteiger partial charge in [-0.25, -0.2) is 4.99 Å². The number of morpholine rings is 1. The highest BCUT2D eigenvalue weighted by Crippen LogP contribution is 2.20. The lowest BCUT2D eigenvalue weighted by atomic mass is 9.99. The average molecular weight is 367 g/mol. The Hall–Kier alpha value is -2.53. The van der Waals surface area contributed by atoms with E-state index in [0.717, 1.165) is 44.0 Å². The zero-order chi connectivity index (χ0) is 19.1. The largest absolute Gasteiger partial charge is 0.378 e. The van der Waals surface area contributed by atoms with Crippen LogP contribution in [0.15, 0.2) is 53.5 Å². The minimum absolute atomic E-state index is 0.434. The van der Waals surface area contributed by atoms with Gasteiger partial charge in [0.2, 0.25) is 0 Å². The molecule has 1 saturated heterocycles. The van der Waals surface area contributed by atoms with Gasteiger partial charge in [0.15, 0.2) is 5.96 Å². The summed E-state index contributed by atoms with van der Waals surface area (Å²) in [7, 11) is 0. The van der Waals surface area contributed by atoms with E-state index in [1.165, 1.54) is 11.3 Å². The van der Waals surface area contributed by atoms with Crippen molar-refractivity contribution in [1.82, 2.24) is 0 Å². The van der Waals surface area contributed by atoms with Gasteiger partial charge in [-0.1, -0.05) is 38.1 Å². The monoisotopic (exact) mass is 366 g/mol. The molecule has 0 saturated carbocycles. The van der Waals surface area contributed by atoms with E-state index in [4.69, 9.17) is 10.5 Å². The van der Waals surface area contributed by atoms with Gasteiger partial charge in [-0.2, -0.15) is 0 Å². The molecule has 0 aliphatic carbocycles. The fraction of sp³-hybridized carbons (Fsp3) is 0.409. The molecule has 1 aliphatic heterocycles. The molecule has 0 radical (unpaired) electrons. The summed E-state index contributed by atoms with van der Waals surface area (Å²) in [5.74, 6) is 1.01. The van der Waals surface area contributed by atoms with Gasteiger partial charge in [0.1, 0.15) is 0 Å². The van der Waals surface area contributed by atoms with E-state index in [1.54, 1.807) is 0 Å². The first-order valence-corrected chi connectivity index (χ1v) is 9.74. The third kappa shape index (κ3) is 5.47. The van der Waals surface area contributed by atoms with Crippen molar-refractivity contribution in [2.45, 2.75) is 32.7 Å². The van der Waals surface area contributed by atoms with Crippen LogP contribution < -0.4 is 16.0 Å². The molecule has 1 unspecified atom stereocenters. The lowest BCUT2D eigenvalue weighted by Gasteiger charge is -2.28. The fourth-order valence-electron chi connectivity index (χ4n) is 3.13. The molecule has 1 aliphatic rings. The van der Waals surface area contributed by atoms with Gasteiger partial charge in [0, 0.05) is 24.5 Å². The molecule has 0 spiro atoms. The van der Waals surface area contributed by atoms with Crippen LogP contribution in [0.25, 0.3) is 0 Å². The summed E-state index contributed by atoms with van der Waals surface area (Å²) >= 11 is 0. The van der Waals surface area contributed by atoms with Crippen LogP contribution in [0.2, 0.25) is 0 Å². The number of anilines is 2. The predicted molar refractivity (Wildman–Crippen MR) is 114 cm³/mol. The minimum Gasteiger partial charge on any atom is -0.378 e. The molecular formula is C22H30N4O. The van der Waals surface area contributed by atoms with E-state index in [0.29, 0.717) is 18.4 Å². The number of nitrogens with two attached hydrogens (primary N) is 1. The van der Waals surface area contributed by atoms with Crippen LogP contribution in [0.1, 0.15) is 37.3 Å². The Morgan fingerprint density at radius 3 is 2.41 bits per heavy atom. The van der Waals surface area contributed by atoms with E-state index in [-0.39, 0.29) is 0 Å². The number of ether oxygens (including phenoxy) is 1. The molecule has 5 nitrogen and oxygen atoms in total. The van der Waals surface area contributed by atoms with Crippen molar-refractivity contribution in [3.63, 3.8) is 0 Å². The molecule has 0 aromatic heterocycles. The molecule has 5 heteroatoms. The summed E-state index contributed by atoms with van der Waals surface area (Å²) in [6, 6.07) is 16.9. The van der Waals surface area contributed by atoms with Crippen LogP contribution in [-0.4, -0.2) is 32.3 Å². The second-order valence-electron chi connectivity index (χ2n) is 7.02. The summed E-state index contributed by atoms with van der Waals surface area (Å²) in [5, 5.41) is 3.17. The first-order valence-electron chi connectivity index (χ1n) is 9.74. The van der Waals surface area contributed by atoms with E-state index >= 15 is 0 Å². The molecule has 3 N–H and O–H groups in total. The molecule has 0 bridgehead atoms. The van der Waals surface area contributed by atoms with Crippen molar-refractivity contribution in [2.75, 3.05) is 36.5 Å². The van der Waals surface area contributed by atoms with E-state index in [1.807, 2.05) is 0 Å². The number of rotatable bonds is 6. The molecule has 0 amide bonds. The molecule has 1 atom stereocenters. The topological polar surface area (TPSA) is 62.9 Å². The van der Waals surface area contributed by atoms with E-state index < -0.39 is 0 Å². The van der Waals surface area contributed by atoms with Gasteiger partial charge in [0.25, 0.3) is 0 Å². The first-order chi connectivity index (χ1) is 13.2. The van der Waals surface area contributed by atoms with E-state index in [2.05, 4.69) is 77.6 Å². The Bertz CT molecular complexity index is 734. The number of nitrogens with one attached hydrogen (secondary N) is 1. The van der Waals surface area contributed by atoms with Crippen molar-refractivity contribution in [2.24, 2.45) is 10.7 Å². The Kier molecular flexibility index (Phi) is 6.71. The van der Waals surface area contributed by atoms with Crippen molar-refractivity contribution in [3.8, 4) is 0 Å². The highest BCUT2D eigenvalue weighted by atomic mass is 16.5. The minimum atomic E-state index is 0.434. The molecule has 2 aromatic carbocycles. The molecule has 27 heavy (non-hydrogen) atoms. The van der Waals surface area contributed by atoms with Gasteiger partial charge < -0.3 is 20.7 Å². The van der Waals surface area contributed by atoms with Gasteiger partial charge in [-0.3, -0.25) is 0 Å². The van der Waals surface area contributed by atoms with Crippen LogP contribution >= 0.6 is 0 Å². The maximum absolute atomic E-state index is 6.04. The predicted octanol–water partition coefficient (Wildman–Crippen LogP) is 3.96. The fourth-order valence-corrected chi connectivity index (χ4v) is 3.13. The number of guanidine groups is 1. The number of aliphatic imine (C=N–C) groups is 1. The smallest absolute Gasteiger partial charge is 0.193 e. The number of hydrogen-bond acceptors (Lipinski definition) is 3.